The molecule has 7 heteroatoms. The Morgan fingerprint density at radius 3 is 2.52 bits per heavy atom. The Labute approximate surface area is 157 Å². The first kappa shape index (κ1) is 18.7. The molecule has 1 fully saturated rings. The van der Waals surface area contributed by atoms with Gasteiger partial charge in [0.1, 0.15) is 0 Å². The Bertz CT molecular complexity index is 925. The van der Waals surface area contributed by atoms with Gasteiger partial charge < -0.3 is 4.48 Å². The summed E-state index contributed by atoms with van der Waals surface area (Å²) in [5.74, 6) is -2.35. The minimum Gasteiger partial charge on any atom is -0.329 e. The molecule has 2 aromatic carbocycles. The molecule has 4 amide bonds. The lowest BCUT2D eigenvalue weighted by Gasteiger charge is -2.29. The molecule has 1 heterocycles. The second-order valence-electron chi connectivity index (χ2n) is 7.51. The number of nitrogens with one attached hydrogen (secondary N) is 1. The lowest BCUT2D eigenvalue weighted by Crippen LogP contribution is -2.58. The second kappa shape index (κ2) is 7.28. The van der Waals surface area contributed by atoms with Crippen LogP contribution in [0.3, 0.4) is 0 Å². The summed E-state index contributed by atoms with van der Waals surface area (Å²) >= 11 is 0. The van der Waals surface area contributed by atoms with Crippen molar-refractivity contribution in [3.8, 4) is 0 Å². The molecule has 0 spiro atoms. The van der Waals surface area contributed by atoms with E-state index in [0.29, 0.717) is 12.2 Å². The summed E-state index contributed by atoms with van der Waals surface area (Å²) in [6.45, 7) is 1.26. The van der Waals surface area contributed by atoms with Crippen LogP contribution in [0.2, 0.25) is 0 Å². The second-order valence-corrected chi connectivity index (χ2v) is 7.51. The molecule has 1 N–H and O–H groups in total. The van der Waals surface area contributed by atoms with E-state index < -0.39 is 23.8 Å². The van der Waals surface area contributed by atoms with Crippen LogP contribution in [0, 0.1) is 5.92 Å². The Morgan fingerprint density at radius 2 is 1.78 bits per heavy atom. The Hall–Kier alpha value is -3.06. The van der Waals surface area contributed by atoms with Crippen molar-refractivity contribution in [1.82, 2.24) is 5.32 Å². The number of amides is 4. The van der Waals surface area contributed by atoms with Crippen molar-refractivity contribution in [2.45, 2.75) is 0 Å². The summed E-state index contributed by atoms with van der Waals surface area (Å²) in [6, 6.07) is 12.1. The fourth-order valence-electron chi connectivity index (χ4n) is 2.89. The molecule has 140 valence electrons. The van der Waals surface area contributed by atoms with E-state index >= 15 is 0 Å². The van der Waals surface area contributed by atoms with Crippen LogP contribution >= 0.6 is 0 Å². The van der Waals surface area contributed by atoms with Crippen molar-refractivity contribution in [3.63, 3.8) is 0 Å². The molecule has 1 aliphatic rings. The highest BCUT2D eigenvalue weighted by Crippen LogP contribution is 2.29. The number of rotatable bonds is 5. The summed E-state index contributed by atoms with van der Waals surface area (Å²) in [5.41, 5.74) is 0.452. The molecule has 2 aromatic rings. The Balaban J connectivity index is 1.90. The van der Waals surface area contributed by atoms with Gasteiger partial charge in [-0.1, -0.05) is 36.4 Å². The molecule has 1 saturated heterocycles. The predicted molar refractivity (Wildman–Crippen MR) is 105 cm³/mol. The van der Waals surface area contributed by atoms with Gasteiger partial charge in [-0.05, 0) is 11.5 Å². The third-order valence-electron chi connectivity index (χ3n) is 4.36. The van der Waals surface area contributed by atoms with E-state index in [1.54, 1.807) is 12.1 Å². The van der Waals surface area contributed by atoms with Crippen LogP contribution in [0.4, 0.5) is 10.5 Å². The largest absolute Gasteiger partial charge is 0.335 e. The van der Waals surface area contributed by atoms with Crippen molar-refractivity contribution in [2.24, 2.45) is 10.9 Å². The van der Waals surface area contributed by atoms with Crippen LogP contribution in [-0.4, -0.2) is 62.8 Å². The van der Waals surface area contributed by atoms with Crippen LogP contribution in [-0.2, 0) is 9.59 Å². The first-order valence-corrected chi connectivity index (χ1v) is 8.75. The van der Waals surface area contributed by atoms with E-state index in [0.717, 1.165) is 26.7 Å². The maximum absolute atomic E-state index is 12.9. The number of aliphatic imine (C=N–C) groups is 1. The highest BCUT2D eigenvalue weighted by atomic mass is 16.2. The van der Waals surface area contributed by atoms with E-state index in [4.69, 9.17) is 0 Å². The van der Waals surface area contributed by atoms with Crippen LogP contribution in [0.25, 0.3) is 10.8 Å². The number of carbonyl (C=O) groups excluding carboxylic acids is 3. The van der Waals surface area contributed by atoms with E-state index in [-0.39, 0.29) is 0 Å². The van der Waals surface area contributed by atoms with Crippen molar-refractivity contribution < 1.29 is 18.9 Å². The van der Waals surface area contributed by atoms with E-state index in [9.17, 15) is 14.4 Å². The SMILES string of the molecule is C[N+](C)(C)CCN=CC1C(=O)NC(=O)N(c2cccc3ccccc23)C1=O. The van der Waals surface area contributed by atoms with E-state index in [1.165, 1.54) is 6.21 Å². The summed E-state index contributed by atoms with van der Waals surface area (Å²) < 4.78 is 0.725. The molecule has 7 nitrogen and oxygen atoms in total. The van der Waals surface area contributed by atoms with Gasteiger partial charge in [0.25, 0.3) is 5.91 Å². The van der Waals surface area contributed by atoms with Crippen molar-refractivity contribution in [3.05, 3.63) is 42.5 Å². The number of likely N-dealkylation sites (N-methyl/N-ethyl adjacent to an activating group) is 1. The maximum atomic E-state index is 12.9. The van der Waals surface area contributed by atoms with Gasteiger partial charge in [0.15, 0.2) is 5.92 Å². The third-order valence-corrected chi connectivity index (χ3v) is 4.36. The zero-order valence-electron chi connectivity index (χ0n) is 15.7. The minimum atomic E-state index is -1.12. The fourth-order valence-corrected chi connectivity index (χ4v) is 2.89. The average molecular weight is 367 g/mol. The third kappa shape index (κ3) is 4.03. The quantitative estimate of drug-likeness (QED) is 0.497. The zero-order chi connectivity index (χ0) is 19.6. The summed E-state index contributed by atoms with van der Waals surface area (Å²) in [5, 5.41) is 3.93. The van der Waals surface area contributed by atoms with E-state index in [2.05, 4.69) is 10.3 Å². The molecular formula is C20H23N4O3+. The smallest absolute Gasteiger partial charge is 0.329 e. The summed E-state index contributed by atoms with van der Waals surface area (Å²) in [6.07, 6.45) is 1.35. The minimum absolute atomic E-state index is 0.452. The van der Waals surface area contributed by atoms with Gasteiger partial charge in [-0.25, -0.2) is 9.69 Å². The molecule has 0 aliphatic carbocycles. The molecule has 0 bridgehead atoms. The van der Waals surface area contributed by atoms with Gasteiger partial charge in [0.05, 0.1) is 39.9 Å². The van der Waals surface area contributed by atoms with E-state index in [1.807, 2.05) is 51.5 Å². The van der Waals surface area contributed by atoms with Gasteiger partial charge >= 0.3 is 6.03 Å². The molecule has 0 saturated carbocycles. The van der Waals surface area contributed by atoms with Crippen molar-refractivity contribution in [2.75, 3.05) is 39.1 Å². The number of nitrogens with zero attached hydrogens (tertiary/aromatic N) is 3. The molecule has 3 rings (SSSR count). The molecule has 1 atom stereocenters. The first-order chi connectivity index (χ1) is 12.8. The zero-order valence-corrected chi connectivity index (χ0v) is 15.7. The highest BCUT2D eigenvalue weighted by Gasteiger charge is 2.40. The number of quaternary nitrogens is 1. The normalized spacial score (nSPS) is 18.4. The van der Waals surface area contributed by atoms with Gasteiger partial charge in [-0.15, -0.1) is 0 Å². The number of barbiturate groups is 1. The number of benzene rings is 2. The lowest BCUT2D eigenvalue weighted by molar-refractivity contribution is -0.868. The van der Waals surface area contributed by atoms with Crippen LogP contribution in [0.15, 0.2) is 47.5 Å². The maximum Gasteiger partial charge on any atom is 0.335 e. The predicted octanol–water partition coefficient (Wildman–Crippen LogP) is 1.82. The summed E-state index contributed by atoms with van der Waals surface area (Å²) in [4.78, 5) is 42.8. The Kier molecular flexibility index (Phi) is 5.05. The summed E-state index contributed by atoms with van der Waals surface area (Å²) in [7, 11) is 6.11. The Morgan fingerprint density at radius 1 is 1.07 bits per heavy atom. The van der Waals surface area contributed by atoms with Gasteiger partial charge in [-0.3, -0.25) is 19.9 Å². The lowest BCUT2D eigenvalue weighted by atomic mass is 10.0. The van der Waals surface area contributed by atoms with Crippen LogP contribution in [0.1, 0.15) is 0 Å². The van der Waals surface area contributed by atoms with Crippen molar-refractivity contribution in [1.29, 1.82) is 0 Å². The fraction of sp³-hybridized carbons (Fsp3) is 0.300. The average Bonchev–Trinajstić information content (AvgIpc) is 2.60. The number of fused-ring (bicyclic) bond motifs is 1. The standard InChI is InChI=1S/C20H22N4O3/c1-24(2,3)12-11-21-13-16-18(25)22-20(27)23(19(16)26)17-10-6-8-14-7-4-5-9-15(14)17/h4-10,13,16H,11-12H2,1-3H3/p+1. The molecule has 0 radical (unpaired) electrons. The first-order valence-electron chi connectivity index (χ1n) is 8.75. The number of hydrogen-bond donors (Lipinski definition) is 1. The molecule has 1 unspecified atom stereocenters. The topological polar surface area (TPSA) is 78.8 Å². The molecule has 27 heavy (non-hydrogen) atoms. The highest BCUT2D eigenvalue weighted by molar-refractivity contribution is 6.33. The van der Waals surface area contributed by atoms with Crippen LogP contribution < -0.4 is 10.2 Å². The molecule has 1 aliphatic heterocycles. The number of urea groups is 1. The molecular weight excluding hydrogens is 344 g/mol. The number of carbonyl (C=O) groups is 3. The van der Waals surface area contributed by atoms with Crippen molar-refractivity contribution >= 4 is 40.5 Å². The van der Waals surface area contributed by atoms with Gasteiger partial charge in [0, 0.05) is 11.6 Å². The van der Waals surface area contributed by atoms with Gasteiger partial charge in [0.2, 0.25) is 5.91 Å². The number of anilines is 1. The number of imide groups is 2. The molecule has 0 aromatic heterocycles. The monoisotopic (exact) mass is 367 g/mol. The van der Waals surface area contributed by atoms with Gasteiger partial charge in [-0.2, -0.15) is 0 Å². The number of hydrogen-bond acceptors (Lipinski definition) is 4. The van der Waals surface area contributed by atoms with Crippen LogP contribution in [0.5, 0.6) is 0 Å².